The minimum Gasteiger partial charge on any atom is -0.493 e. The maximum absolute atomic E-state index is 12.0. The first kappa shape index (κ1) is 17.9. The Morgan fingerprint density at radius 2 is 2.12 bits per heavy atom. The number of methoxy groups -OCH3 is 1. The molecular weight excluding hydrogens is 326 g/mol. The number of aryl methyl sites for hydroxylation is 1. The van der Waals surface area contributed by atoms with Gasteiger partial charge in [0.2, 0.25) is 11.0 Å². The van der Waals surface area contributed by atoms with Gasteiger partial charge in [0, 0.05) is 12.5 Å². The molecule has 0 saturated heterocycles. The zero-order valence-electron chi connectivity index (χ0n) is 14.0. The monoisotopic (exact) mass is 347 g/mol. The van der Waals surface area contributed by atoms with Gasteiger partial charge in [-0.3, -0.25) is 10.1 Å². The summed E-state index contributed by atoms with van der Waals surface area (Å²) in [6.07, 6.45) is 5.04. The number of carbonyl (C=O) groups excluding carboxylic acids is 1. The van der Waals surface area contributed by atoms with Crippen molar-refractivity contribution in [1.82, 2.24) is 10.2 Å². The Morgan fingerprint density at radius 1 is 1.29 bits per heavy atom. The van der Waals surface area contributed by atoms with Crippen LogP contribution < -0.4 is 14.8 Å². The third kappa shape index (κ3) is 5.06. The lowest BCUT2D eigenvalue weighted by Gasteiger charge is -2.09. The van der Waals surface area contributed by atoms with Crippen molar-refractivity contribution in [2.24, 2.45) is 0 Å². The molecule has 128 valence electrons. The van der Waals surface area contributed by atoms with Gasteiger partial charge in [0.15, 0.2) is 11.5 Å². The molecule has 0 bridgehead atoms. The zero-order valence-corrected chi connectivity index (χ0v) is 14.9. The summed E-state index contributed by atoms with van der Waals surface area (Å²) in [6.45, 7) is 4.56. The summed E-state index contributed by atoms with van der Waals surface area (Å²) in [4.78, 5) is 12.0. The molecule has 6 nitrogen and oxygen atoms in total. The molecule has 1 aromatic carbocycles. The van der Waals surface area contributed by atoms with E-state index in [4.69, 9.17) is 9.47 Å². The van der Waals surface area contributed by atoms with Crippen molar-refractivity contribution in [2.45, 2.75) is 26.7 Å². The number of anilines is 1. The van der Waals surface area contributed by atoms with Crippen molar-refractivity contribution < 1.29 is 14.3 Å². The topological polar surface area (TPSA) is 73.3 Å². The van der Waals surface area contributed by atoms with Gasteiger partial charge in [0.25, 0.3) is 0 Å². The van der Waals surface area contributed by atoms with Crippen LogP contribution in [0, 0.1) is 0 Å². The second-order valence-electron chi connectivity index (χ2n) is 4.92. The number of hydrogen-bond acceptors (Lipinski definition) is 6. The second kappa shape index (κ2) is 9.02. The fraction of sp³-hybridized carbons (Fsp3) is 0.353. The van der Waals surface area contributed by atoms with E-state index < -0.39 is 0 Å². The number of carbonyl (C=O) groups is 1. The molecule has 0 saturated carbocycles. The van der Waals surface area contributed by atoms with Gasteiger partial charge in [-0.2, -0.15) is 0 Å². The lowest BCUT2D eigenvalue weighted by molar-refractivity contribution is -0.111. The first-order valence-corrected chi connectivity index (χ1v) is 8.60. The Bertz CT molecular complexity index is 713. The fourth-order valence-corrected chi connectivity index (χ4v) is 2.84. The lowest BCUT2D eigenvalue weighted by atomic mass is 10.2. The van der Waals surface area contributed by atoms with Crippen LogP contribution >= 0.6 is 11.3 Å². The molecule has 1 N–H and O–H groups in total. The Kier molecular flexibility index (Phi) is 6.74. The largest absolute Gasteiger partial charge is 0.493 e. The molecule has 0 atom stereocenters. The number of amides is 1. The highest BCUT2D eigenvalue weighted by atomic mass is 32.1. The van der Waals surface area contributed by atoms with E-state index in [0.29, 0.717) is 23.2 Å². The highest BCUT2D eigenvalue weighted by Gasteiger charge is 2.06. The van der Waals surface area contributed by atoms with Gasteiger partial charge in [0.1, 0.15) is 5.01 Å². The predicted octanol–water partition coefficient (Wildman–Crippen LogP) is 3.55. The molecule has 1 heterocycles. The number of hydrogen-bond donors (Lipinski definition) is 1. The first-order valence-electron chi connectivity index (χ1n) is 7.78. The Balaban J connectivity index is 1.99. The number of rotatable bonds is 8. The molecule has 1 aromatic heterocycles. The van der Waals surface area contributed by atoms with Gasteiger partial charge in [0.05, 0.1) is 13.7 Å². The van der Waals surface area contributed by atoms with E-state index in [-0.39, 0.29) is 5.91 Å². The zero-order chi connectivity index (χ0) is 17.4. The maximum atomic E-state index is 12.0. The van der Waals surface area contributed by atoms with Gasteiger partial charge in [-0.25, -0.2) is 0 Å². The van der Waals surface area contributed by atoms with Crippen molar-refractivity contribution in [1.29, 1.82) is 0 Å². The summed E-state index contributed by atoms with van der Waals surface area (Å²) >= 11 is 1.40. The molecule has 1 amide bonds. The molecular formula is C17H21N3O3S. The Morgan fingerprint density at radius 3 is 2.83 bits per heavy atom. The molecule has 2 rings (SSSR count). The SMILES string of the molecule is CCCc1nnc(NC(=O)/C=C/c2ccc(OCC)c(OC)c2)s1. The molecule has 0 aliphatic rings. The average molecular weight is 347 g/mol. The highest BCUT2D eigenvalue weighted by Crippen LogP contribution is 2.28. The van der Waals surface area contributed by atoms with Crippen LogP contribution in [0.5, 0.6) is 11.5 Å². The van der Waals surface area contributed by atoms with Crippen LogP contribution in [0.2, 0.25) is 0 Å². The van der Waals surface area contributed by atoms with E-state index in [9.17, 15) is 4.79 Å². The summed E-state index contributed by atoms with van der Waals surface area (Å²) in [6, 6.07) is 5.50. The molecule has 2 aromatic rings. The summed E-state index contributed by atoms with van der Waals surface area (Å²) in [5.41, 5.74) is 0.842. The molecule has 0 aliphatic heterocycles. The second-order valence-corrected chi connectivity index (χ2v) is 5.98. The first-order chi connectivity index (χ1) is 11.7. The third-order valence-corrected chi connectivity index (χ3v) is 3.97. The smallest absolute Gasteiger partial charge is 0.250 e. The summed E-state index contributed by atoms with van der Waals surface area (Å²) in [5, 5.41) is 12.1. The number of nitrogens with one attached hydrogen (secondary N) is 1. The molecule has 0 spiro atoms. The number of nitrogens with zero attached hydrogens (tertiary/aromatic N) is 2. The molecule has 0 fully saturated rings. The maximum Gasteiger partial charge on any atom is 0.250 e. The normalized spacial score (nSPS) is 10.8. The van der Waals surface area contributed by atoms with E-state index >= 15 is 0 Å². The Hall–Kier alpha value is -2.41. The molecule has 0 aliphatic carbocycles. The van der Waals surface area contributed by atoms with Gasteiger partial charge >= 0.3 is 0 Å². The number of aromatic nitrogens is 2. The van der Waals surface area contributed by atoms with E-state index in [1.165, 1.54) is 17.4 Å². The van der Waals surface area contributed by atoms with Crippen molar-refractivity contribution in [3.05, 3.63) is 34.8 Å². The molecule has 0 radical (unpaired) electrons. The molecule has 0 unspecified atom stereocenters. The van der Waals surface area contributed by atoms with Crippen LogP contribution in [0.3, 0.4) is 0 Å². The summed E-state index contributed by atoms with van der Waals surface area (Å²) in [5.74, 6) is 1.06. The van der Waals surface area contributed by atoms with Crippen molar-refractivity contribution in [3.8, 4) is 11.5 Å². The summed E-state index contributed by atoms with van der Waals surface area (Å²) < 4.78 is 10.8. The fourth-order valence-electron chi connectivity index (χ4n) is 2.00. The van der Waals surface area contributed by atoms with E-state index in [1.807, 2.05) is 25.1 Å². The van der Waals surface area contributed by atoms with Crippen LogP contribution in [0.4, 0.5) is 5.13 Å². The lowest BCUT2D eigenvalue weighted by Crippen LogP contribution is -2.07. The van der Waals surface area contributed by atoms with Crippen LogP contribution in [0.15, 0.2) is 24.3 Å². The number of ether oxygens (including phenoxy) is 2. The quantitative estimate of drug-likeness (QED) is 0.739. The third-order valence-electron chi connectivity index (χ3n) is 3.08. The van der Waals surface area contributed by atoms with Gasteiger partial charge in [-0.15, -0.1) is 10.2 Å². The molecule has 7 heteroatoms. The predicted molar refractivity (Wildman–Crippen MR) is 95.7 cm³/mol. The van der Waals surface area contributed by atoms with Crippen molar-refractivity contribution in [3.63, 3.8) is 0 Å². The number of benzene rings is 1. The standard InChI is InChI=1S/C17H21N3O3S/c1-4-6-16-19-20-17(24-16)18-15(21)10-8-12-7-9-13(23-5-2)14(11-12)22-3/h7-11H,4-6H2,1-3H3,(H,18,20,21)/b10-8+. The van der Waals surface area contributed by atoms with Crippen LogP contribution in [-0.4, -0.2) is 29.8 Å². The Labute approximate surface area is 145 Å². The van der Waals surface area contributed by atoms with Gasteiger partial charge < -0.3 is 9.47 Å². The minimum absolute atomic E-state index is 0.248. The van der Waals surface area contributed by atoms with E-state index in [1.54, 1.807) is 13.2 Å². The minimum atomic E-state index is -0.248. The van der Waals surface area contributed by atoms with E-state index in [0.717, 1.165) is 23.4 Å². The molecule has 24 heavy (non-hydrogen) atoms. The van der Waals surface area contributed by atoms with Crippen LogP contribution in [0.25, 0.3) is 6.08 Å². The van der Waals surface area contributed by atoms with Gasteiger partial charge in [-0.05, 0) is 37.1 Å². The average Bonchev–Trinajstić information content (AvgIpc) is 3.01. The van der Waals surface area contributed by atoms with Crippen LogP contribution in [-0.2, 0) is 11.2 Å². The van der Waals surface area contributed by atoms with Crippen molar-refractivity contribution >= 4 is 28.5 Å². The van der Waals surface area contributed by atoms with E-state index in [2.05, 4.69) is 22.4 Å². The van der Waals surface area contributed by atoms with Crippen LogP contribution in [0.1, 0.15) is 30.8 Å². The summed E-state index contributed by atoms with van der Waals surface area (Å²) in [7, 11) is 1.58. The van der Waals surface area contributed by atoms with Gasteiger partial charge in [-0.1, -0.05) is 24.3 Å². The highest BCUT2D eigenvalue weighted by molar-refractivity contribution is 7.15. The van der Waals surface area contributed by atoms with Crippen molar-refractivity contribution in [2.75, 3.05) is 19.0 Å².